The van der Waals surface area contributed by atoms with Gasteiger partial charge in [-0.15, -0.1) is 0 Å². The zero-order valence-corrected chi connectivity index (χ0v) is 11.5. The van der Waals surface area contributed by atoms with Gasteiger partial charge < -0.3 is 20.4 Å². The number of benzene rings is 2. The first-order chi connectivity index (χ1) is 9.40. The third kappa shape index (κ3) is 6.45. The van der Waals surface area contributed by atoms with Gasteiger partial charge in [-0.3, -0.25) is 0 Å². The first-order valence-corrected chi connectivity index (χ1v) is 5.45. The molecule has 4 N–H and O–H groups in total. The van der Waals surface area contributed by atoms with Gasteiger partial charge in [0, 0.05) is 16.5 Å². The van der Waals surface area contributed by atoms with Crippen LogP contribution in [-0.2, 0) is 16.5 Å². The quantitative estimate of drug-likeness (QED) is 0.626. The van der Waals surface area contributed by atoms with Crippen LogP contribution in [0.25, 0.3) is 0 Å². The molecule has 6 nitrogen and oxygen atoms in total. The van der Waals surface area contributed by atoms with E-state index >= 15 is 0 Å². The largest absolute Gasteiger partial charge is 0.508 e. The number of carboxylic acids is 2. The molecule has 2 rings (SSSR count). The number of aromatic hydroxyl groups is 2. The van der Waals surface area contributed by atoms with Crippen LogP contribution in [0.5, 0.6) is 11.5 Å². The molecule has 2 aromatic carbocycles. The van der Waals surface area contributed by atoms with Gasteiger partial charge in [0.2, 0.25) is 0 Å². The minimum atomic E-state index is -0.986. The maximum Gasteiger partial charge on any atom is 0.335 e. The number of carboxylic acid groups (broad SMARTS) is 2. The van der Waals surface area contributed by atoms with Crippen molar-refractivity contribution in [2.75, 3.05) is 0 Å². The second kappa shape index (κ2) is 8.61. The number of phenolic OH excluding ortho intramolecular Hbond substituents is 2. The fourth-order valence-corrected chi connectivity index (χ4v) is 1.21. The number of aromatic carboxylic acids is 2. The Labute approximate surface area is 130 Å². The molecule has 0 aliphatic carbocycles. The van der Waals surface area contributed by atoms with Gasteiger partial charge in [-0.25, -0.2) is 9.59 Å². The molecule has 0 heterocycles. The maximum absolute atomic E-state index is 10.2. The summed E-state index contributed by atoms with van der Waals surface area (Å²) in [6.07, 6.45) is 0. The Morgan fingerprint density at radius 3 is 1.05 bits per heavy atom. The van der Waals surface area contributed by atoms with Crippen molar-refractivity contribution in [3.8, 4) is 11.5 Å². The zero-order chi connectivity index (χ0) is 15.1. The average molecular weight is 335 g/mol. The number of carbonyl (C=O) groups is 2. The van der Waals surface area contributed by atoms with E-state index in [2.05, 4.69) is 0 Å². The Kier molecular flexibility index (Phi) is 7.57. The second-order valence-electron chi connectivity index (χ2n) is 3.70. The summed E-state index contributed by atoms with van der Waals surface area (Å²) in [4.78, 5) is 20.5. The predicted octanol–water partition coefficient (Wildman–Crippen LogP) is 2.18. The van der Waals surface area contributed by atoms with Crippen LogP contribution in [0.2, 0.25) is 0 Å². The van der Waals surface area contributed by atoms with Crippen LogP contribution in [-0.4, -0.2) is 32.4 Å². The van der Waals surface area contributed by atoms with Crippen LogP contribution in [0.3, 0.4) is 0 Å². The fourth-order valence-electron chi connectivity index (χ4n) is 1.21. The summed E-state index contributed by atoms with van der Waals surface area (Å²) in [6, 6.07) is 10.7. The van der Waals surface area contributed by atoms with Gasteiger partial charge in [-0.2, -0.15) is 0 Å². The Balaban J connectivity index is 0.000000364. The van der Waals surface area contributed by atoms with Crippen molar-refractivity contribution in [2.45, 2.75) is 0 Å². The molecule has 114 valence electrons. The number of hydrogen-bond donors (Lipinski definition) is 4. The van der Waals surface area contributed by atoms with Crippen LogP contribution in [0.15, 0.2) is 48.5 Å². The zero-order valence-electron chi connectivity index (χ0n) is 10.5. The van der Waals surface area contributed by atoms with E-state index in [4.69, 9.17) is 20.4 Å². The maximum atomic E-state index is 10.2. The number of rotatable bonds is 2. The van der Waals surface area contributed by atoms with E-state index in [-0.39, 0.29) is 39.1 Å². The Morgan fingerprint density at radius 2 is 0.857 bits per heavy atom. The van der Waals surface area contributed by atoms with Crippen LogP contribution >= 0.6 is 0 Å². The van der Waals surface area contributed by atoms with Crippen molar-refractivity contribution in [3.63, 3.8) is 0 Å². The van der Waals surface area contributed by atoms with E-state index in [1.165, 1.54) is 48.5 Å². The molecule has 0 aromatic heterocycles. The average Bonchev–Trinajstić information content (AvgIpc) is 2.40. The summed E-state index contributed by atoms with van der Waals surface area (Å²) in [5.41, 5.74) is 0.357. The van der Waals surface area contributed by atoms with Crippen LogP contribution in [0.1, 0.15) is 20.7 Å². The molecule has 0 fully saturated rings. The first-order valence-electron chi connectivity index (χ1n) is 5.45. The van der Waals surface area contributed by atoms with Crippen molar-refractivity contribution in [1.29, 1.82) is 0 Å². The van der Waals surface area contributed by atoms with Gasteiger partial charge in [-0.1, -0.05) is 0 Å². The van der Waals surface area contributed by atoms with Crippen LogP contribution in [0.4, 0.5) is 0 Å². The monoisotopic (exact) mass is 334 g/mol. The number of phenols is 2. The summed E-state index contributed by atoms with van der Waals surface area (Å²) in [5, 5.41) is 34.3. The van der Waals surface area contributed by atoms with Crippen molar-refractivity contribution >= 4 is 11.9 Å². The summed E-state index contributed by atoms with van der Waals surface area (Å²) in [7, 11) is 0. The molecule has 0 unspecified atom stereocenters. The van der Waals surface area contributed by atoms with E-state index in [0.717, 1.165) is 0 Å². The van der Waals surface area contributed by atoms with Crippen LogP contribution in [0, 0.1) is 0 Å². The summed E-state index contributed by atoms with van der Waals surface area (Å²) in [6.45, 7) is 0. The normalized spacial score (nSPS) is 8.76. The van der Waals surface area contributed by atoms with Gasteiger partial charge in [0.15, 0.2) is 0 Å². The van der Waals surface area contributed by atoms with E-state index in [0.29, 0.717) is 0 Å². The molecule has 0 bridgehead atoms. The molecule has 21 heavy (non-hydrogen) atoms. The summed E-state index contributed by atoms with van der Waals surface area (Å²) in [5.74, 6) is -1.82. The predicted molar refractivity (Wildman–Crippen MR) is 70.1 cm³/mol. The second-order valence-corrected chi connectivity index (χ2v) is 3.70. The molecule has 0 aliphatic heterocycles. The minimum absolute atomic E-state index is 0. The van der Waals surface area contributed by atoms with E-state index < -0.39 is 11.9 Å². The van der Waals surface area contributed by atoms with E-state index in [1.807, 2.05) is 0 Å². The Bertz CT molecular complexity index is 536. The molecule has 0 saturated carbocycles. The standard InChI is InChI=1S/2C7H6O3.Ni/c2*8-6-3-1-5(2-4-6)7(9)10;/h2*1-4,8H,(H,9,10);. The molecule has 2 aromatic rings. The molecule has 0 saturated heterocycles. The van der Waals surface area contributed by atoms with Crippen molar-refractivity contribution in [1.82, 2.24) is 0 Å². The van der Waals surface area contributed by atoms with Crippen molar-refractivity contribution in [2.24, 2.45) is 0 Å². The molecular formula is C14H12NiO6. The van der Waals surface area contributed by atoms with Gasteiger partial charge in [0.1, 0.15) is 11.5 Å². The summed E-state index contributed by atoms with van der Waals surface area (Å²) >= 11 is 0. The SMILES string of the molecule is O=C(O)c1ccc(O)cc1.O=C(O)c1ccc(O)cc1.[Ni]. The number of hydrogen-bond acceptors (Lipinski definition) is 4. The molecule has 0 spiro atoms. The summed E-state index contributed by atoms with van der Waals surface area (Å²) < 4.78 is 0. The van der Waals surface area contributed by atoms with Gasteiger partial charge in [0.05, 0.1) is 11.1 Å². The van der Waals surface area contributed by atoms with E-state index in [9.17, 15) is 9.59 Å². The Morgan fingerprint density at radius 1 is 0.619 bits per heavy atom. The molecule has 7 heteroatoms. The third-order valence-corrected chi connectivity index (χ3v) is 2.23. The minimum Gasteiger partial charge on any atom is -0.508 e. The van der Waals surface area contributed by atoms with E-state index in [1.54, 1.807) is 0 Å². The molecule has 0 radical (unpaired) electrons. The Hall–Kier alpha value is -2.53. The van der Waals surface area contributed by atoms with Gasteiger partial charge in [-0.05, 0) is 48.5 Å². The fraction of sp³-hybridized carbons (Fsp3) is 0. The van der Waals surface area contributed by atoms with Gasteiger partial charge in [0.25, 0.3) is 0 Å². The topological polar surface area (TPSA) is 115 Å². The smallest absolute Gasteiger partial charge is 0.335 e. The first kappa shape index (κ1) is 18.5. The third-order valence-electron chi connectivity index (χ3n) is 2.23. The van der Waals surface area contributed by atoms with Crippen molar-refractivity contribution < 1.29 is 46.5 Å². The van der Waals surface area contributed by atoms with Gasteiger partial charge >= 0.3 is 11.9 Å². The molecule has 0 atom stereocenters. The van der Waals surface area contributed by atoms with Crippen molar-refractivity contribution in [3.05, 3.63) is 59.7 Å². The molecule has 0 aliphatic rings. The van der Waals surface area contributed by atoms with Crippen LogP contribution < -0.4 is 0 Å². The molecule has 0 amide bonds. The molecular weight excluding hydrogens is 323 g/mol.